The van der Waals surface area contributed by atoms with Crippen molar-refractivity contribution in [1.82, 2.24) is 0 Å². The van der Waals surface area contributed by atoms with E-state index in [9.17, 15) is 0 Å². The van der Waals surface area contributed by atoms with Crippen molar-refractivity contribution in [3.63, 3.8) is 0 Å². The average Bonchev–Trinajstić information content (AvgIpc) is 2.38. The van der Waals surface area contributed by atoms with Gasteiger partial charge >= 0.3 is 0 Å². The summed E-state index contributed by atoms with van der Waals surface area (Å²) in [4.78, 5) is 0. The van der Waals surface area contributed by atoms with Crippen molar-refractivity contribution in [3.8, 4) is 0 Å². The first-order chi connectivity index (χ1) is 8.27. The molecule has 0 saturated heterocycles. The molecule has 2 rings (SSSR count). The maximum absolute atomic E-state index is 2.32. The molecule has 0 N–H and O–H groups in total. The number of hydrogen-bond donors (Lipinski definition) is 0. The standard InChI is InChI=1S/C17H18/c1-14(2)13-17(15-9-5-3-6-10-15)16-11-7-4-8-12-16/h3-13,17H,1-2H3. The zero-order valence-corrected chi connectivity index (χ0v) is 10.4. The molecule has 0 amide bonds. The molecule has 0 bridgehead atoms. The smallest absolute Gasteiger partial charge is 0.0271 e. The molecule has 0 aromatic heterocycles. The number of rotatable bonds is 3. The summed E-state index contributed by atoms with van der Waals surface area (Å²) >= 11 is 0. The number of benzene rings is 2. The predicted molar refractivity (Wildman–Crippen MR) is 74.2 cm³/mol. The second-order valence-electron chi connectivity index (χ2n) is 4.54. The van der Waals surface area contributed by atoms with Crippen LogP contribution in [0.1, 0.15) is 30.9 Å². The van der Waals surface area contributed by atoms with Crippen LogP contribution in [0.2, 0.25) is 0 Å². The van der Waals surface area contributed by atoms with E-state index in [4.69, 9.17) is 0 Å². The van der Waals surface area contributed by atoms with Crippen LogP contribution in [0.5, 0.6) is 0 Å². The fourth-order valence-electron chi connectivity index (χ4n) is 2.04. The lowest BCUT2D eigenvalue weighted by Gasteiger charge is -2.14. The van der Waals surface area contributed by atoms with Gasteiger partial charge in [0.1, 0.15) is 0 Å². The molecule has 2 aromatic rings. The molecule has 0 aliphatic rings. The lowest BCUT2D eigenvalue weighted by atomic mass is 9.90. The Morgan fingerprint density at radius 2 is 1.18 bits per heavy atom. The van der Waals surface area contributed by atoms with Gasteiger partial charge in [-0.1, -0.05) is 72.3 Å². The molecular weight excluding hydrogens is 204 g/mol. The molecule has 0 radical (unpaired) electrons. The van der Waals surface area contributed by atoms with E-state index < -0.39 is 0 Å². The lowest BCUT2D eigenvalue weighted by molar-refractivity contribution is 1.01. The Kier molecular flexibility index (Phi) is 3.77. The van der Waals surface area contributed by atoms with Crippen LogP contribution in [0.25, 0.3) is 0 Å². The largest absolute Gasteiger partial charge is 0.0795 e. The molecule has 0 fully saturated rings. The molecule has 0 atom stereocenters. The van der Waals surface area contributed by atoms with E-state index in [1.54, 1.807) is 0 Å². The van der Waals surface area contributed by atoms with Crippen molar-refractivity contribution in [2.75, 3.05) is 0 Å². The summed E-state index contributed by atoms with van der Waals surface area (Å²) in [6, 6.07) is 21.3. The van der Waals surface area contributed by atoms with Gasteiger partial charge in [0.05, 0.1) is 0 Å². The quantitative estimate of drug-likeness (QED) is 0.655. The average molecular weight is 222 g/mol. The molecule has 0 heterocycles. The van der Waals surface area contributed by atoms with Crippen molar-refractivity contribution < 1.29 is 0 Å². The summed E-state index contributed by atoms with van der Waals surface area (Å²) in [7, 11) is 0. The van der Waals surface area contributed by atoms with Crippen LogP contribution < -0.4 is 0 Å². The van der Waals surface area contributed by atoms with Crippen LogP contribution in [0.15, 0.2) is 72.3 Å². The summed E-state index contributed by atoms with van der Waals surface area (Å²) in [6.07, 6.45) is 2.32. The molecule has 0 unspecified atom stereocenters. The Labute approximate surface area is 104 Å². The molecular formula is C17H18. The van der Waals surface area contributed by atoms with Gasteiger partial charge in [-0.3, -0.25) is 0 Å². The Balaban J connectivity index is 2.43. The third-order valence-electron chi connectivity index (χ3n) is 2.82. The highest BCUT2D eigenvalue weighted by Crippen LogP contribution is 2.26. The normalized spacial score (nSPS) is 10.3. The second-order valence-corrected chi connectivity index (χ2v) is 4.54. The van der Waals surface area contributed by atoms with Crippen LogP contribution in [0.4, 0.5) is 0 Å². The summed E-state index contributed by atoms with van der Waals surface area (Å²) in [6.45, 7) is 4.30. The summed E-state index contributed by atoms with van der Waals surface area (Å²) in [5, 5.41) is 0. The van der Waals surface area contributed by atoms with Crippen molar-refractivity contribution >= 4 is 0 Å². The zero-order chi connectivity index (χ0) is 12.1. The molecule has 0 aliphatic heterocycles. The highest BCUT2D eigenvalue weighted by molar-refractivity contribution is 5.37. The van der Waals surface area contributed by atoms with E-state index in [1.807, 2.05) is 0 Å². The Morgan fingerprint density at radius 3 is 1.53 bits per heavy atom. The van der Waals surface area contributed by atoms with E-state index in [1.165, 1.54) is 16.7 Å². The van der Waals surface area contributed by atoms with E-state index in [-0.39, 0.29) is 0 Å². The van der Waals surface area contributed by atoms with Gasteiger partial charge < -0.3 is 0 Å². The predicted octanol–water partition coefficient (Wildman–Crippen LogP) is 4.78. The minimum absolute atomic E-state index is 0.363. The van der Waals surface area contributed by atoms with Gasteiger partial charge in [-0.05, 0) is 25.0 Å². The molecule has 17 heavy (non-hydrogen) atoms. The van der Waals surface area contributed by atoms with Crippen LogP contribution in [-0.2, 0) is 0 Å². The first kappa shape index (κ1) is 11.7. The molecule has 0 heteroatoms. The minimum Gasteiger partial charge on any atom is -0.0795 e. The lowest BCUT2D eigenvalue weighted by Crippen LogP contribution is -1.97. The summed E-state index contributed by atoms with van der Waals surface area (Å²) in [5.74, 6) is 0.363. The highest BCUT2D eigenvalue weighted by atomic mass is 14.1. The van der Waals surface area contributed by atoms with Gasteiger partial charge in [0, 0.05) is 5.92 Å². The monoisotopic (exact) mass is 222 g/mol. The molecule has 2 aromatic carbocycles. The van der Waals surface area contributed by atoms with Gasteiger partial charge in [0.2, 0.25) is 0 Å². The second kappa shape index (κ2) is 5.49. The molecule has 86 valence electrons. The molecule has 0 nitrogen and oxygen atoms in total. The summed E-state index contributed by atoms with van der Waals surface area (Å²) in [5.41, 5.74) is 4.04. The first-order valence-corrected chi connectivity index (χ1v) is 6.02. The van der Waals surface area contributed by atoms with Crippen molar-refractivity contribution in [1.29, 1.82) is 0 Å². The number of hydrogen-bond acceptors (Lipinski definition) is 0. The Bertz CT molecular complexity index is 436. The minimum atomic E-state index is 0.363. The highest BCUT2D eigenvalue weighted by Gasteiger charge is 2.10. The first-order valence-electron chi connectivity index (χ1n) is 6.02. The van der Waals surface area contributed by atoms with Crippen LogP contribution in [0.3, 0.4) is 0 Å². The van der Waals surface area contributed by atoms with Crippen molar-refractivity contribution in [2.45, 2.75) is 19.8 Å². The van der Waals surface area contributed by atoms with Gasteiger partial charge in [-0.25, -0.2) is 0 Å². The van der Waals surface area contributed by atoms with Crippen LogP contribution in [0, 0.1) is 0 Å². The van der Waals surface area contributed by atoms with Gasteiger partial charge in [0.25, 0.3) is 0 Å². The SMILES string of the molecule is CC(C)=CC(c1ccccc1)c1ccccc1. The third kappa shape index (κ3) is 3.07. The number of allylic oxidation sites excluding steroid dienone is 2. The Hall–Kier alpha value is -1.82. The van der Waals surface area contributed by atoms with E-state index in [0.717, 1.165) is 0 Å². The zero-order valence-electron chi connectivity index (χ0n) is 10.4. The molecule has 0 spiro atoms. The topological polar surface area (TPSA) is 0 Å². The van der Waals surface area contributed by atoms with E-state index >= 15 is 0 Å². The van der Waals surface area contributed by atoms with E-state index in [2.05, 4.69) is 80.6 Å². The van der Waals surface area contributed by atoms with E-state index in [0.29, 0.717) is 5.92 Å². The molecule has 0 saturated carbocycles. The van der Waals surface area contributed by atoms with Crippen molar-refractivity contribution in [3.05, 3.63) is 83.4 Å². The summed E-state index contributed by atoms with van der Waals surface area (Å²) < 4.78 is 0. The van der Waals surface area contributed by atoms with Crippen LogP contribution in [-0.4, -0.2) is 0 Å². The van der Waals surface area contributed by atoms with Crippen molar-refractivity contribution in [2.24, 2.45) is 0 Å². The fourth-order valence-corrected chi connectivity index (χ4v) is 2.04. The fraction of sp³-hybridized carbons (Fsp3) is 0.176. The Morgan fingerprint density at radius 1 is 0.765 bits per heavy atom. The maximum atomic E-state index is 2.32. The van der Waals surface area contributed by atoms with Crippen LogP contribution >= 0.6 is 0 Å². The van der Waals surface area contributed by atoms with Gasteiger partial charge in [0.15, 0.2) is 0 Å². The molecule has 0 aliphatic carbocycles. The maximum Gasteiger partial charge on any atom is 0.0271 e. The van der Waals surface area contributed by atoms with Gasteiger partial charge in [-0.2, -0.15) is 0 Å². The third-order valence-corrected chi connectivity index (χ3v) is 2.82. The van der Waals surface area contributed by atoms with Gasteiger partial charge in [-0.15, -0.1) is 0 Å².